The van der Waals surface area contributed by atoms with Crippen LogP contribution in [0.3, 0.4) is 0 Å². The van der Waals surface area contributed by atoms with E-state index in [0.717, 1.165) is 34.4 Å². The summed E-state index contributed by atoms with van der Waals surface area (Å²) >= 11 is 8.86. The molecule has 5 heteroatoms. The third kappa shape index (κ3) is 3.53. The summed E-state index contributed by atoms with van der Waals surface area (Å²) in [6.45, 7) is 5.24. The van der Waals surface area contributed by atoms with Crippen molar-refractivity contribution in [3.05, 3.63) is 19.2 Å². The van der Waals surface area contributed by atoms with Gasteiger partial charge in [0.15, 0.2) is 0 Å². The molecule has 0 bridgehead atoms. The molecule has 17 heavy (non-hydrogen) atoms. The minimum absolute atomic E-state index is 0.270. The van der Waals surface area contributed by atoms with Crippen molar-refractivity contribution in [1.29, 1.82) is 0 Å². The fourth-order valence-corrected chi connectivity index (χ4v) is 4.36. The Morgan fingerprint density at radius 3 is 3.00 bits per heavy atom. The molecule has 2 rings (SSSR count). The van der Waals surface area contributed by atoms with Crippen LogP contribution in [0.2, 0.25) is 0 Å². The summed E-state index contributed by atoms with van der Waals surface area (Å²) in [5.41, 5.74) is 0. The number of nitrogens with one attached hydrogen (secondary N) is 1. The summed E-state index contributed by atoms with van der Waals surface area (Å²) in [6.07, 6.45) is 2.62. The van der Waals surface area contributed by atoms with Crippen molar-refractivity contribution in [2.45, 2.75) is 25.9 Å². The molecule has 1 aliphatic rings. The van der Waals surface area contributed by atoms with E-state index in [0.29, 0.717) is 5.92 Å². The molecule has 2 unspecified atom stereocenters. The first-order valence-electron chi connectivity index (χ1n) is 5.99. The number of hydrogen-bond donors (Lipinski definition) is 1. The zero-order valence-electron chi connectivity index (χ0n) is 9.84. The van der Waals surface area contributed by atoms with Gasteiger partial charge in [-0.1, -0.05) is 6.92 Å². The van der Waals surface area contributed by atoms with Crippen molar-refractivity contribution < 1.29 is 4.74 Å². The van der Waals surface area contributed by atoms with E-state index >= 15 is 0 Å². The second-order valence-corrected chi connectivity index (χ2v) is 7.57. The van der Waals surface area contributed by atoms with Crippen molar-refractivity contribution >= 4 is 43.2 Å². The summed E-state index contributed by atoms with van der Waals surface area (Å²) in [5, 5.41) is 3.50. The van der Waals surface area contributed by atoms with Crippen LogP contribution in [-0.4, -0.2) is 19.7 Å². The molecule has 0 amide bonds. The first-order valence-corrected chi connectivity index (χ1v) is 8.39. The Bertz CT molecular complexity index is 350. The van der Waals surface area contributed by atoms with Gasteiger partial charge in [-0.2, -0.15) is 0 Å². The first-order chi connectivity index (χ1) is 8.22. The predicted molar refractivity (Wildman–Crippen MR) is 79.7 cm³/mol. The van der Waals surface area contributed by atoms with E-state index in [1.54, 1.807) is 11.3 Å². The highest BCUT2D eigenvalue weighted by Gasteiger charge is 2.30. The molecule has 1 aromatic heterocycles. The third-order valence-corrected chi connectivity index (χ3v) is 6.31. The zero-order chi connectivity index (χ0) is 12.3. The van der Waals surface area contributed by atoms with Gasteiger partial charge in [-0.05, 0) is 57.3 Å². The Labute approximate surface area is 123 Å². The minimum Gasteiger partial charge on any atom is -0.372 e. The molecule has 96 valence electrons. The molecule has 2 nitrogen and oxygen atoms in total. The molecule has 0 aliphatic carbocycles. The van der Waals surface area contributed by atoms with Gasteiger partial charge < -0.3 is 10.1 Å². The normalized spacial score (nSPS) is 24.4. The van der Waals surface area contributed by atoms with Crippen LogP contribution in [0.5, 0.6) is 0 Å². The van der Waals surface area contributed by atoms with Gasteiger partial charge in [0.25, 0.3) is 0 Å². The highest BCUT2D eigenvalue weighted by molar-refractivity contribution is 9.13. The SMILES string of the molecule is CCCNCC1CCOC1c1cc(Br)c(Br)s1. The summed E-state index contributed by atoms with van der Waals surface area (Å²) in [7, 11) is 0. The number of rotatable bonds is 5. The van der Waals surface area contributed by atoms with Gasteiger partial charge in [0.2, 0.25) is 0 Å². The molecular weight excluding hydrogens is 366 g/mol. The molecule has 0 saturated carbocycles. The van der Waals surface area contributed by atoms with Gasteiger partial charge in [-0.25, -0.2) is 0 Å². The highest BCUT2D eigenvalue weighted by Crippen LogP contribution is 2.42. The van der Waals surface area contributed by atoms with Crippen molar-refractivity contribution in [1.82, 2.24) is 5.32 Å². The van der Waals surface area contributed by atoms with E-state index in [4.69, 9.17) is 4.74 Å². The summed E-state index contributed by atoms with van der Waals surface area (Å²) in [5.74, 6) is 0.610. The average molecular weight is 383 g/mol. The van der Waals surface area contributed by atoms with E-state index < -0.39 is 0 Å². The fraction of sp³-hybridized carbons (Fsp3) is 0.667. The molecule has 0 aromatic carbocycles. The summed E-state index contributed by atoms with van der Waals surface area (Å²) < 4.78 is 8.17. The largest absolute Gasteiger partial charge is 0.372 e. The third-order valence-electron chi connectivity index (χ3n) is 2.99. The topological polar surface area (TPSA) is 21.3 Å². The summed E-state index contributed by atoms with van der Waals surface area (Å²) in [6, 6.07) is 2.18. The van der Waals surface area contributed by atoms with Crippen LogP contribution in [0.1, 0.15) is 30.7 Å². The van der Waals surface area contributed by atoms with Crippen molar-refractivity contribution in [3.8, 4) is 0 Å². The maximum atomic E-state index is 5.88. The lowest BCUT2D eigenvalue weighted by Gasteiger charge is -2.17. The van der Waals surface area contributed by atoms with Crippen molar-refractivity contribution in [3.63, 3.8) is 0 Å². The van der Waals surface area contributed by atoms with Gasteiger partial charge in [0.1, 0.15) is 0 Å². The van der Waals surface area contributed by atoms with E-state index in [-0.39, 0.29) is 6.10 Å². The Balaban J connectivity index is 1.98. The maximum absolute atomic E-state index is 5.88. The number of ether oxygens (including phenoxy) is 1. The second kappa shape index (κ2) is 6.66. The standard InChI is InChI=1S/C12H17Br2NOS/c1-2-4-15-7-8-3-5-16-11(8)10-6-9(13)12(14)17-10/h6,8,11,15H,2-5,7H2,1H3. The number of hydrogen-bond acceptors (Lipinski definition) is 3. The van der Waals surface area contributed by atoms with Crippen LogP contribution in [-0.2, 0) is 4.74 Å². The molecule has 0 spiro atoms. The summed E-state index contributed by atoms with van der Waals surface area (Å²) in [4.78, 5) is 1.32. The Morgan fingerprint density at radius 1 is 1.53 bits per heavy atom. The van der Waals surface area contributed by atoms with E-state index in [9.17, 15) is 0 Å². The molecule has 2 heterocycles. The second-order valence-electron chi connectivity index (χ2n) is 4.31. The molecule has 1 aromatic rings. The van der Waals surface area contributed by atoms with Gasteiger partial charge >= 0.3 is 0 Å². The number of halogens is 2. The van der Waals surface area contributed by atoms with Crippen molar-refractivity contribution in [2.24, 2.45) is 5.92 Å². The van der Waals surface area contributed by atoms with E-state index in [2.05, 4.69) is 50.2 Å². The van der Waals surface area contributed by atoms with Gasteiger partial charge in [0, 0.05) is 28.4 Å². The van der Waals surface area contributed by atoms with Crippen LogP contribution in [0.25, 0.3) is 0 Å². The van der Waals surface area contributed by atoms with Gasteiger partial charge in [-0.3, -0.25) is 0 Å². The van der Waals surface area contributed by atoms with Crippen LogP contribution in [0.4, 0.5) is 0 Å². The molecule has 1 N–H and O–H groups in total. The van der Waals surface area contributed by atoms with Gasteiger partial charge in [0.05, 0.1) is 9.89 Å². The first kappa shape index (κ1) is 14.0. The number of thiophene rings is 1. The van der Waals surface area contributed by atoms with E-state index in [1.165, 1.54) is 11.3 Å². The molecule has 0 radical (unpaired) electrons. The van der Waals surface area contributed by atoms with Gasteiger partial charge in [-0.15, -0.1) is 11.3 Å². The van der Waals surface area contributed by atoms with Crippen LogP contribution >= 0.6 is 43.2 Å². The molecule has 2 atom stereocenters. The average Bonchev–Trinajstić information content (AvgIpc) is 2.87. The minimum atomic E-state index is 0.270. The zero-order valence-corrected chi connectivity index (χ0v) is 13.8. The quantitative estimate of drug-likeness (QED) is 0.764. The smallest absolute Gasteiger partial charge is 0.0958 e. The van der Waals surface area contributed by atoms with E-state index in [1.807, 2.05) is 0 Å². The fourth-order valence-electron chi connectivity index (χ4n) is 2.13. The lowest BCUT2D eigenvalue weighted by Crippen LogP contribution is -2.25. The monoisotopic (exact) mass is 381 g/mol. The van der Waals surface area contributed by atoms with Crippen LogP contribution in [0, 0.1) is 5.92 Å². The Hall–Kier alpha value is 0.580. The lowest BCUT2D eigenvalue weighted by molar-refractivity contribution is 0.0934. The highest BCUT2D eigenvalue weighted by atomic mass is 79.9. The van der Waals surface area contributed by atoms with Crippen LogP contribution < -0.4 is 5.32 Å². The predicted octanol–water partition coefficient (Wildman–Crippen LogP) is 4.35. The molecular formula is C12H17Br2NOS. The molecule has 1 aliphatic heterocycles. The lowest BCUT2D eigenvalue weighted by atomic mass is 10.0. The Morgan fingerprint density at radius 2 is 2.35 bits per heavy atom. The van der Waals surface area contributed by atoms with Crippen LogP contribution in [0.15, 0.2) is 14.3 Å². The Kier molecular flexibility index (Phi) is 5.49. The molecule has 1 saturated heterocycles. The van der Waals surface area contributed by atoms with Crippen molar-refractivity contribution in [2.75, 3.05) is 19.7 Å². The maximum Gasteiger partial charge on any atom is 0.0958 e. The molecule has 1 fully saturated rings.